The van der Waals surface area contributed by atoms with Gasteiger partial charge in [0.25, 0.3) is 5.91 Å². The van der Waals surface area contributed by atoms with Crippen LogP contribution in [-0.4, -0.2) is 52.6 Å². The Morgan fingerprint density at radius 2 is 2.24 bits per heavy atom. The first-order chi connectivity index (χ1) is 10.2. The Morgan fingerprint density at radius 3 is 3.05 bits per heavy atom. The molecule has 0 aliphatic carbocycles. The van der Waals surface area contributed by atoms with Crippen LogP contribution in [0.1, 0.15) is 17.3 Å². The van der Waals surface area contributed by atoms with Crippen LogP contribution < -0.4 is 5.73 Å². The quantitative estimate of drug-likeness (QED) is 0.884. The van der Waals surface area contributed by atoms with Crippen LogP contribution in [0.25, 0.3) is 11.0 Å². The molecule has 0 bridgehead atoms. The molecular weight excluding hydrogens is 268 g/mol. The second kappa shape index (κ2) is 5.75. The fourth-order valence-corrected chi connectivity index (χ4v) is 2.56. The van der Waals surface area contributed by atoms with Crippen molar-refractivity contribution in [1.82, 2.24) is 14.9 Å². The van der Waals surface area contributed by atoms with Crippen molar-refractivity contribution >= 4 is 16.9 Å². The van der Waals surface area contributed by atoms with Crippen LogP contribution >= 0.6 is 0 Å². The zero-order chi connectivity index (χ0) is 14.8. The lowest BCUT2D eigenvalue weighted by Crippen LogP contribution is -2.52. The van der Waals surface area contributed by atoms with Crippen molar-refractivity contribution in [3.05, 3.63) is 36.2 Å². The Hall–Kier alpha value is -2.05. The summed E-state index contributed by atoms with van der Waals surface area (Å²) in [5.41, 5.74) is 7.58. The third kappa shape index (κ3) is 2.59. The number of nitrogens with two attached hydrogens (primary N) is 1. The molecule has 2 atom stereocenters. The van der Waals surface area contributed by atoms with Crippen molar-refractivity contribution in [1.29, 1.82) is 0 Å². The van der Waals surface area contributed by atoms with Crippen molar-refractivity contribution in [2.75, 3.05) is 19.7 Å². The number of amides is 1. The lowest BCUT2D eigenvalue weighted by molar-refractivity contribution is -0.0425. The third-order valence-electron chi connectivity index (χ3n) is 3.76. The molecule has 1 saturated heterocycles. The van der Waals surface area contributed by atoms with E-state index in [1.807, 2.05) is 24.0 Å². The summed E-state index contributed by atoms with van der Waals surface area (Å²) >= 11 is 0. The predicted octanol–water partition coefficient (Wildman–Crippen LogP) is 0.818. The largest absolute Gasteiger partial charge is 0.373 e. The van der Waals surface area contributed by atoms with Crippen molar-refractivity contribution < 1.29 is 9.53 Å². The minimum absolute atomic E-state index is 0.0206. The number of benzene rings is 1. The van der Waals surface area contributed by atoms with E-state index in [0.717, 1.165) is 5.52 Å². The van der Waals surface area contributed by atoms with Gasteiger partial charge in [-0.1, -0.05) is 6.07 Å². The number of carbonyl (C=O) groups excluding carboxylic acids is 1. The number of ether oxygens (including phenoxy) is 1. The molecule has 1 aromatic heterocycles. The van der Waals surface area contributed by atoms with E-state index in [2.05, 4.69) is 9.97 Å². The van der Waals surface area contributed by atoms with E-state index in [4.69, 9.17) is 10.5 Å². The van der Waals surface area contributed by atoms with Crippen LogP contribution in [0.4, 0.5) is 0 Å². The van der Waals surface area contributed by atoms with E-state index < -0.39 is 0 Å². The number of carbonyl (C=O) groups is 1. The molecule has 6 nitrogen and oxygen atoms in total. The predicted molar refractivity (Wildman–Crippen MR) is 78.8 cm³/mol. The molecule has 0 saturated carbocycles. The summed E-state index contributed by atoms with van der Waals surface area (Å²) in [6.45, 7) is 3.39. The average molecular weight is 286 g/mol. The van der Waals surface area contributed by atoms with Gasteiger partial charge in [-0.2, -0.15) is 0 Å². The fourth-order valence-electron chi connectivity index (χ4n) is 2.56. The van der Waals surface area contributed by atoms with Crippen LogP contribution in [0.2, 0.25) is 0 Å². The summed E-state index contributed by atoms with van der Waals surface area (Å²) in [7, 11) is 0. The summed E-state index contributed by atoms with van der Waals surface area (Å²) in [4.78, 5) is 23.2. The van der Waals surface area contributed by atoms with Crippen LogP contribution in [-0.2, 0) is 4.74 Å². The Morgan fingerprint density at radius 1 is 1.43 bits per heavy atom. The first kappa shape index (κ1) is 13.9. The molecule has 1 amide bonds. The van der Waals surface area contributed by atoms with Gasteiger partial charge >= 0.3 is 0 Å². The van der Waals surface area contributed by atoms with Crippen molar-refractivity contribution in [3.63, 3.8) is 0 Å². The Labute approximate surface area is 122 Å². The van der Waals surface area contributed by atoms with E-state index in [1.54, 1.807) is 18.5 Å². The number of fused-ring (bicyclic) bond motifs is 1. The van der Waals surface area contributed by atoms with Gasteiger partial charge in [0.15, 0.2) is 0 Å². The Kier molecular flexibility index (Phi) is 3.81. The number of nitrogens with zero attached hydrogens (tertiary/aromatic N) is 3. The zero-order valence-corrected chi connectivity index (χ0v) is 11.9. The lowest BCUT2D eigenvalue weighted by atomic mass is 10.1. The molecule has 2 N–H and O–H groups in total. The summed E-state index contributed by atoms with van der Waals surface area (Å²) in [6, 6.07) is 5.49. The van der Waals surface area contributed by atoms with E-state index >= 15 is 0 Å². The smallest absolute Gasteiger partial charge is 0.256 e. The highest BCUT2D eigenvalue weighted by Gasteiger charge is 2.30. The standard InChI is InChI=1S/C15H18N4O2/c1-10-9-21-11(7-16)8-19(10)15(20)12-3-2-4-13-14(12)18-6-5-17-13/h2-6,10-11H,7-9,16H2,1H3. The monoisotopic (exact) mass is 286 g/mol. The van der Waals surface area contributed by atoms with Gasteiger partial charge in [0.2, 0.25) is 0 Å². The van der Waals surface area contributed by atoms with Gasteiger partial charge < -0.3 is 15.4 Å². The maximum absolute atomic E-state index is 12.8. The molecule has 2 heterocycles. The first-order valence-electron chi connectivity index (χ1n) is 7.03. The maximum atomic E-state index is 12.8. The van der Waals surface area contributed by atoms with Gasteiger partial charge in [0, 0.05) is 25.5 Å². The summed E-state index contributed by atoms with van der Waals surface area (Å²) in [5.74, 6) is -0.0460. The number of hydrogen-bond donors (Lipinski definition) is 1. The first-order valence-corrected chi connectivity index (χ1v) is 7.03. The van der Waals surface area contributed by atoms with Gasteiger partial charge in [-0.15, -0.1) is 0 Å². The highest BCUT2D eigenvalue weighted by Crippen LogP contribution is 2.20. The van der Waals surface area contributed by atoms with Crippen LogP contribution in [0.3, 0.4) is 0 Å². The van der Waals surface area contributed by atoms with Gasteiger partial charge in [0.1, 0.15) is 5.52 Å². The van der Waals surface area contributed by atoms with Gasteiger partial charge in [-0.25, -0.2) is 0 Å². The van der Waals surface area contributed by atoms with Crippen molar-refractivity contribution in [3.8, 4) is 0 Å². The molecule has 21 heavy (non-hydrogen) atoms. The molecule has 6 heteroatoms. The van der Waals surface area contributed by atoms with Crippen LogP contribution in [0, 0.1) is 0 Å². The zero-order valence-electron chi connectivity index (χ0n) is 11.9. The number of rotatable bonds is 2. The van der Waals surface area contributed by atoms with Crippen molar-refractivity contribution in [2.45, 2.75) is 19.1 Å². The fraction of sp³-hybridized carbons (Fsp3) is 0.400. The normalized spacial score (nSPS) is 22.5. The van der Waals surface area contributed by atoms with E-state index in [-0.39, 0.29) is 18.1 Å². The highest BCUT2D eigenvalue weighted by molar-refractivity contribution is 6.04. The average Bonchev–Trinajstić information content (AvgIpc) is 2.54. The van der Waals surface area contributed by atoms with Gasteiger partial charge in [-0.3, -0.25) is 14.8 Å². The molecule has 110 valence electrons. The van der Waals surface area contributed by atoms with Gasteiger partial charge in [0.05, 0.1) is 29.8 Å². The summed E-state index contributed by atoms with van der Waals surface area (Å²) in [5, 5.41) is 0. The molecule has 2 aromatic rings. The number of para-hydroxylation sites is 1. The summed E-state index contributed by atoms with van der Waals surface area (Å²) in [6.07, 6.45) is 3.12. The van der Waals surface area contributed by atoms with E-state index in [1.165, 1.54) is 0 Å². The molecule has 0 spiro atoms. The van der Waals surface area contributed by atoms with Crippen LogP contribution in [0.5, 0.6) is 0 Å². The second-order valence-corrected chi connectivity index (χ2v) is 5.23. The van der Waals surface area contributed by atoms with Crippen LogP contribution in [0.15, 0.2) is 30.6 Å². The number of morpholine rings is 1. The minimum atomic E-state index is -0.105. The Bertz CT molecular complexity index is 656. The van der Waals surface area contributed by atoms with Crippen molar-refractivity contribution in [2.24, 2.45) is 5.73 Å². The Balaban J connectivity index is 1.96. The molecule has 1 aliphatic heterocycles. The maximum Gasteiger partial charge on any atom is 0.256 e. The SMILES string of the molecule is CC1COC(CN)CN1C(=O)c1cccc2nccnc12. The second-order valence-electron chi connectivity index (χ2n) is 5.23. The molecule has 0 radical (unpaired) electrons. The van der Waals surface area contributed by atoms with E-state index in [0.29, 0.717) is 30.8 Å². The molecule has 1 fully saturated rings. The molecule has 3 rings (SSSR count). The van der Waals surface area contributed by atoms with Gasteiger partial charge in [-0.05, 0) is 19.1 Å². The molecule has 1 aliphatic rings. The lowest BCUT2D eigenvalue weighted by Gasteiger charge is -2.37. The third-order valence-corrected chi connectivity index (χ3v) is 3.76. The highest BCUT2D eigenvalue weighted by atomic mass is 16.5. The molecule has 2 unspecified atom stereocenters. The number of hydrogen-bond acceptors (Lipinski definition) is 5. The minimum Gasteiger partial charge on any atom is -0.373 e. The molecular formula is C15H18N4O2. The molecule has 1 aromatic carbocycles. The summed E-state index contributed by atoms with van der Waals surface area (Å²) < 4.78 is 5.60. The van der Waals surface area contributed by atoms with E-state index in [9.17, 15) is 4.79 Å². The number of aromatic nitrogens is 2. The topological polar surface area (TPSA) is 81.3 Å².